The van der Waals surface area contributed by atoms with Crippen LogP contribution in [0.3, 0.4) is 0 Å². The number of allylic oxidation sites excluding steroid dienone is 2. The van der Waals surface area contributed by atoms with E-state index in [4.69, 9.17) is 0 Å². The lowest BCUT2D eigenvalue weighted by Gasteiger charge is -2.05. The van der Waals surface area contributed by atoms with Crippen molar-refractivity contribution in [1.29, 1.82) is 0 Å². The van der Waals surface area contributed by atoms with E-state index in [0.717, 1.165) is 0 Å². The van der Waals surface area contributed by atoms with Crippen molar-refractivity contribution in [2.24, 2.45) is 5.41 Å². The standard InChI is InChI=1S/C5H12.C4H8.C2H6/c1-5(2,3)4;1-3-4-2;1-2/h1-4H3;3-4H,1-2H3;1-2H3. The lowest BCUT2D eigenvalue weighted by molar-refractivity contribution is 0.469. The number of hydrogen-bond donors (Lipinski definition) is 0. The fraction of sp³-hybridized carbons (Fsp3) is 0.818. The first-order valence-electron chi connectivity index (χ1n) is 4.49. The Balaban J connectivity index is -0.0000000965. The highest BCUT2D eigenvalue weighted by Crippen LogP contribution is 2.07. The first-order chi connectivity index (χ1) is 4.91. The first-order valence-corrected chi connectivity index (χ1v) is 4.49. The summed E-state index contributed by atoms with van der Waals surface area (Å²) >= 11 is 0. The zero-order valence-corrected chi connectivity index (χ0v) is 9.65. The molecule has 0 aliphatic heterocycles. The molecule has 0 aromatic rings. The molecule has 70 valence electrons. The molecule has 0 aromatic carbocycles. The fourth-order valence-corrected chi connectivity index (χ4v) is 0. The Kier molecular flexibility index (Phi) is 19.2. The minimum atomic E-state index is 0.500. The summed E-state index contributed by atoms with van der Waals surface area (Å²) in [7, 11) is 0. The van der Waals surface area contributed by atoms with E-state index in [1.165, 1.54) is 0 Å². The smallest absolute Gasteiger partial charge is 0.0411 e. The Morgan fingerprint density at radius 2 is 0.818 bits per heavy atom. The summed E-state index contributed by atoms with van der Waals surface area (Å²) < 4.78 is 0. The van der Waals surface area contributed by atoms with Crippen LogP contribution in [0.2, 0.25) is 0 Å². The van der Waals surface area contributed by atoms with E-state index in [1.54, 1.807) is 0 Å². The van der Waals surface area contributed by atoms with Gasteiger partial charge in [-0.1, -0.05) is 53.7 Å². The summed E-state index contributed by atoms with van der Waals surface area (Å²) in [6, 6.07) is 0. The van der Waals surface area contributed by atoms with Gasteiger partial charge in [0.05, 0.1) is 0 Å². The normalized spacial score (nSPS) is 9.45. The van der Waals surface area contributed by atoms with Crippen LogP contribution in [0.25, 0.3) is 0 Å². The summed E-state index contributed by atoms with van der Waals surface area (Å²) in [5.74, 6) is 0. The second kappa shape index (κ2) is 12.4. The molecule has 0 radical (unpaired) electrons. The summed E-state index contributed by atoms with van der Waals surface area (Å²) in [4.78, 5) is 0. The molecule has 0 unspecified atom stereocenters. The molecule has 0 heterocycles. The average molecular weight is 158 g/mol. The van der Waals surface area contributed by atoms with Crippen molar-refractivity contribution in [2.75, 3.05) is 0 Å². The van der Waals surface area contributed by atoms with Crippen molar-refractivity contribution in [3.63, 3.8) is 0 Å². The summed E-state index contributed by atoms with van der Waals surface area (Å²) in [5.41, 5.74) is 0.500. The largest absolute Gasteiger partial charge is 0.0919 e. The molecule has 0 nitrogen and oxygen atoms in total. The molecule has 0 aliphatic carbocycles. The molecule has 0 amide bonds. The Hall–Kier alpha value is -0.260. The molecule has 0 heteroatoms. The maximum Gasteiger partial charge on any atom is -0.0411 e. The molecule has 0 fully saturated rings. The molecule has 11 heavy (non-hydrogen) atoms. The highest BCUT2D eigenvalue weighted by Gasteiger charge is 1.95. The summed E-state index contributed by atoms with van der Waals surface area (Å²) in [6.45, 7) is 16.8. The van der Waals surface area contributed by atoms with Crippen molar-refractivity contribution in [3.05, 3.63) is 12.2 Å². The van der Waals surface area contributed by atoms with Crippen LogP contribution in [0.4, 0.5) is 0 Å². The minimum absolute atomic E-state index is 0.500. The predicted octanol–water partition coefficient (Wildman–Crippen LogP) is 4.66. The van der Waals surface area contributed by atoms with Gasteiger partial charge in [0.25, 0.3) is 0 Å². The van der Waals surface area contributed by atoms with Gasteiger partial charge in [0.15, 0.2) is 0 Å². The molecule has 0 atom stereocenters. The van der Waals surface area contributed by atoms with Crippen LogP contribution in [-0.2, 0) is 0 Å². The van der Waals surface area contributed by atoms with Gasteiger partial charge in [-0.2, -0.15) is 0 Å². The lowest BCUT2D eigenvalue weighted by Crippen LogP contribution is -1.93. The third-order valence-electron chi connectivity index (χ3n) is 0.333. The Morgan fingerprint density at radius 3 is 0.818 bits per heavy atom. The Morgan fingerprint density at radius 1 is 0.727 bits per heavy atom. The van der Waals surface area contributed by atoms with E-state index in [0.29, 0.717) is 5.41 Å². The fourth-order valence-electron chi connectivity index (χ4n) is 0. The van der Waals surface area contributed by atoms with E-state index >= 15 is 0 Å². The predicted molar refractivity (Wildman–Crippen MR) is 57.0 cm³/mol. The van der Waals surface area contributed by atoms with Crippen LogP contribution in [0.15, 0.2) is 12.2 Å². The number of hydrogen-bond acceptors (Lipinski definition) is 0. The molecule has 0 aliphatic rings. The van der Waals surface area contributed by atoms with Crippen LogP contribution >= 0.6 is 0 Å². The van der Waals surface area contributed by atoms with Crippen LogP contribution < -0.4 is 0 Å². The van der Waals surface area contributed by atoms with Crippen LogP contribution in [0.5, 0.6) is 0 Å². The van der Waals surface area contributed by atoms with Crippen molar-refractivity contribution < 1.29 is 0 Å². The summed E-state index contributed by atoms with van der Waals surface area (Å²) in [5, 5.41) is 0. The van der Waals surface area contributed by atoms with Gasteiger partial charge in [0.2, 0.25) is 0 Å². The van der Waals surface area contributed by atoms with Gasteiger partial charge in [-0.25, -0.2) is 0 Å². The average Bonchev–Trinajstić information content (AvgIpc) is 1.89. The zero-order valence-electron chi connectivity index (χ0n) is 9.65. The molecule has 0 spiro atoms. The second-order valence-electron chi connectivity index (χ2n) is 3.67. The van der Waals surface area contributed by atoms with E-state index in [-0.39, 0.29) is 0 Å². The molecule has 0 rings (SSSR count). The van der Waals surface area contributed by atoms with Crippen LogP contribution in [-0.4, -0.2) is 0 Å². The lowest BCUT2D eigenvalue weighted by atomic mass is 10.0. The summed E-state index contributed by atoms with van der Waals surface area (Å²) in [6.07, 6.45) is 4.00. The minimum Gasteiger partial charge on any atom is -0.0919 e. The molecule has 0 saturated carbocycles. The molecular weight excluding hydrogens is 132 g/mol. The van der Waals surface area contributed by atoms with E-state index in [9.17, 15) is 0 Å². The Labute approximate surface area is 73.7 Å². The maximum absolute atomic E-state index is 2.19. The maximum atomic E-state index is 2.19. The quantitative estimate of drug-likeness (QED) is 0.450. The van der Waals surface area contributed by atoms with Crippen molar-refractivity contribution in [1.82, 2.24) is 0 Å². The highest BCUT2D eigenvalue weighted by molar-refractivity contribution is 4.68. The van der Waals surface area contributed by atoms with Gasteiger partial charge in [-0.15, -0.1) is 0 Å². The molecule has 0 saturated heterocycles. The van der Waals surface area contributed by atoms with Crippen LogP contribution in [0, 0.1) is 5.41 Å². The van der Waals surface area contributed by atoms with Gasteiger partial charge in [-0.3, -0.25) is 0 Å². The topological polar surface area (TPSA) is 0 Å². The van der Waals surface area contributed by atoms with E-state index in [1.807, 2.05) is 39.8 Å². The van der Waals surface area contributed by atoms with Crippen molar-refractivity contribution >= 4 is 0 Å². The van der Waals surface area contributed by atoms with Gasteiger partial charge >= 0.3 is 0 Å². The molecule has 0 aromatic heterocycles. The van der Waals surface area contributed by atoms with Gasteiger partial charge in [-0.05, 0) is 19.3 Å². The van der Waals surface area contributed by atoms with Gasteiger partial charge in [0.1, 0.15) is 0 Å². The SMILES string of the molecule is CC.CC(C)(C)C.CC=CC. The molecule has 0 bridgehead atoms. The molecular formula is C11H26. The Bertz CT molecular complexity index is 52.6. The van der Waals surface area contributed by atoms with E-state index in [2.05, 4.69) is 27.7 Å². The third-order valence-corrected chi connectivity index (χ3v) is 0.333. The van der Waals surface area contributed by atoms with Gasteiger partial charge < -0.3 is 0 Å². The third kappa shape index (κ3) is 1070. The van der Waals surface area contributed by atoms with E-state index < -0.39 is 0 Å². The van der Waals surface area contributed by atoms with Crippen molar-refractivity contribution in [3.8, 4) is 0 Å². The van der Waals surface area contributed by atoms with Crippen molar-refractivity contribution in [2.45, 2.75) is 55.4 Å². The van der Waals surface area contributed by atoms with Gasteiger partial charge in [0, 0.05) is 0 Å². The highest BCUT2D eigenvalue weighted by atomic mass is 14.0. The molecule has 0 N–H and O–H groups in total. The zero-order chi connectivity index (χ0) is 9.91. The number of rotatable bonds is 0. The van der Waals surface area contributed by atoms with Crippen LogP contribution in [0.1, 0.15) is 55.4 Å². The second-order valence-corrected chi connectivity index (χ2v) is 3.67. The first kappa shape index (κ1) is 17.0. The monoisotopic (exact) mass is 158 g/mol.